The van der Waals surface area contributed by atoms with Crippen molar-refractivity contribution in [1.29, 1.82) is 0 Å². The standard InChI is InChI=1S/C28H29B2N11O2.C4H6O.C2H7N/c1-15-24-19(11-34-41(24)17-12-40(13-17)28(29,30)21-7-5-6-16(14-42)35-21)18-8-9-33-26(25(18)39(15)4)36-20-10-22(31-2)37-38-23(20)27(43)32-3;5-3-4-1-2-4;1-3-2/h5-11,14-15,17H,12-13H2,1-4H3,(H,32,43)(H2,31,33,36,37);3-4H,1-2H2;3H,1-2H3. The first-order valence-electron chi connectivity index (χ1n) is 16.7. The normalized spacial score (nSPS) is 16.5. The van der Waals surface area contributed by atoms with Gasteiger partial charge in [0, 0.05) is 69.2 Å². The summed E-state index contributed by atoms with van der Waals surface area (Å²) < 4.78 is 2.05. The molecule has 7 rings (SSSR count). The lowest BCUT2D eigenvalue weighted by Gasteiger charge is -2.50. The summed E-state index contributed by atoms with van der Waals surface area (Å²) in [6.07, 6.45) is 7.59. The number of carbonyl (C=O) groups excluding carboxylic acids is 3. The number of fused-ring (bicyclic) bond motifs is 3. The van der Waals surface area contributed by atoms with Crippen molar-refractivity contribution in [2.45, 2.75) is 37.2 Å². The van der Waals surface area contributed by atoms with Crippen LogP contribution in [-0.2, 0) is 10.1 Å². The molecule has 262 valence electrons. The zero-order chi connectivity index (χ0) is 36.9. The molecule has 1 saturated heterocycles. The molecular formula is C34H42B2N12O3. The first-order chi connectivity index (χ1) is 24.5. The van der Waals surface area contributed by atoms with E-state index in [1.54, 1.807) is 44.6 Å². The van der Waals surface area contributed by atoms with Crippen molar-refractivity contribution < 1.29 is 14.4 Å². The van der Waals surface area contributed by atoms with E-state index in [2.05, 4.69) is 53.3 Å². The predicted octanol–water partition coefficient (Wildman–Crippen LogP) is 2.03. The molecule has 15 nitrogen and oxygen atoms in total. The van der Waals surface area contributed by atoms with Gasteiger partial charge in [0.25, 0.3) is 5.91 Å². The molecule has 1 atom stereocenters. The Morgan fingerprint density at radius 2 is 1.76 bits per heavy atom. The van der Waals surface area contributed by atoms with Crippen LogP contribution in [0.15, 0.2) is 42.7 Å². The van der Waals surface area contributed by atoms with Crippen LogP contribution in [0.2, 0.25) is 0 Å². The highest BCUT2D eigenvalue weighted by atomic mass is 16.2. The minimum absolute atomic E-state index is 0.0410. The lowest BCUT2D eigenvalue weighted by molar-refractivity contribution is -0.108. The van der Waals surface area contributed by atoms with Crippen molar-refractivity contribution in [2.75, 3.05) is 63.9 Å². The van der Waals surface area contributed by atoms with Crippen LogP contribution in [-0.4, -0.2) is 117 Å². The van der Waals surface area contributed by atoms with E-state index in [4.69, 9.17) is 20.8 Å². The zero-order valence-corrected chi connectivity index (χ0v) is 29.7. The summed E-state index contributed by atoms with van der Waals surface area (Å²) in [5.41, 5.74) is 5.21. The topological polar surface area (TPSA) is 175 Å². The first kappa shape index (κ1) is 37.1. The number of aldehydes is 2. The van der Waals surface area contributed by atoms with Crippen LogP contribution in [0.5, 0.6) is 0 Å². The molecule has 6 heterocycles. The van der Waals surface area contributed by atoms with Gasteiger partial charge in [0.1, 0.15) is 12.0 Å². The largest absolute Gasteiger partial charge is 0.372 e. The maximum atomic E-state index is 12.5. The fourth-order valence-electron chi connectivity index (χ4n) is 5.85. The SMILES string of the molecule is CNC.O=CC1CC1.[B]C([B])(c1cccc(C=O)n1)N1CC(n2ncc3c2C(C)N(C)c2c-3ccnc2Nc2cc(NC)nnc2C(=O)NC)C1. The summed E-state index contributed by atoms with van der Waals surface area (Å²) in [6.45, 7) is 3.23. The summed E-state index contributed by atoms with van der Waals surface area (Å²) in [4.78, 5) is 46.3. The van der Waals surface area contributed by atoms with Gasteiger partial charge < -0.3 is 35.9 Å². The van der Waals surface area contributed by atoms with Gasteiger partial charge in [-0.3, -0.25) is 14.3 Å². The van der Waals surface area contributed by atoms with Crippen LogP contribution in [0.3, 0.4) is 0 Å². The second-order valence-corrected chi connectivity index (χ2v) is 12.6. The van der Waals surface area contributed by atoms with Gasteiger partial charge in [-0.25, -0.2) is 9.97 Å². The minimum Gasteiger partial charge on any atom is -0.372 e. The Bertz CT molecular complexity index is 1880. The van der Waals surface area contributed by atoms with E-state index in [9.17, 15) is 14.4 Å². The molecule has 3 aliphatic rings. The molecule has 4 radical (unpaired) electrons. The van der Waals surface area contributed by atoms with E-state index >= 15 is 0 Å². The zero-order valence-electron chi connectivity index (χ0n) is 29.7. The number of likely N-dealkylation sites (tertiary alicyclic amines) is 1. The fraction of sp³-hybridized carbons (Fsp3) is 0.412. The second kappa shape index (κ2) is 15.8. The van der Waals surface area contributed by atoms with Gasteiger partial charge in [0.2, 0.25) is 0 Å². The Balaban J connectivity index is 0.000000564. The number of hydrogen-bond donors (Lipinski definition) is 4. The number of amides is 1. The smallest absolute Gasteiger partial charge is 0.273 e. The molecule has 0 bridgehead atoms. The monoisotopic (exact) mass is 688 g/mol. The molecule has 17 heteroatoms. The van der Waals surface area contributed by atoms with E-state index in [-0.39, 0.29) is 29.4 Å². The molecule has 1 amide bonds. The summed E-state index contributed by atoms with van der Waals surface area (Å²) in [6, 6.07) is 8.72. The van der Waals surface area contributed by atoms with Crippen molar-refractivity contribution in [3.8, 4) is 11.1 Å². The van der Waals surface area contributed by atoms with Crippen LogP contribution < -0.4 is 26.2 Å². The van der Waals surface area contributed by atoms with Crippen LogP contribution in [0.25, 0.3) is 11.1 Å². The number of pyridine rings is 2. The predicted molar refractivity (Wildman–Crippen MR) is 198 cm³/mol. The van der Waals surface area contributed by atoms with E-state index in [1.165, 1.54) is 0 Å². The molecule has 1 aliphatic carbocycles. The lowest BCUT2D eigenvalue weighted by atomic mass is 9.57. The molecule has 51 heavy (non-hydrogen) atoms. The van der Waals surface area contributed by atoms with Crippen LogP contribution in [0.1, 0.15) is 64.2 Å². The molecule has 2 fully saturated rings. The van der Waals surface area contributed by atoms with E-state index in [1.807, 2.05) is 43.0 Å². The van der Waals surface area contributed by atoms with Crippen LogP contribution in [0.4, 0.5) is 23.0 Å². The maximum absolute atomic E-state index is 12.5. The Hall–Kier alpha value is -5.15. The third-order valence-electron chi connectivity index (χ3n) is 8.97. The fourth-order valence-corrected chi connectivity index (χ4v) is 5.85. The van der Waals surface area contributed by atoms with Gasteiger partial charge in [0.05, 0.1) is 51.0 Å². The minimum atomic E-state index is -1.33. The van der Waals surface area contributed by atoms with Gasteiger partial charge in [-0.15, -0.1) is 10.2 Å². The quantitative estimate of drug-likeness (QED) is 0.149. The van der Waals surface area contributed by atoms with Crippen molar-refractivity contribution in [1.82, 2.24) is 45.5 Å². The van der Waals surface area contributed by atoms with Crippen molar-refractivity contribution in [3.05, 3.63) is 65.5 Å². The lowest BCUT2D eigenvalue weighted by Crippen LogP contribution is -2.60. The number of nitrogens with zero attached hydrogens (tertiary/aromatic N) is 8. The van der Waals surface area contributed by atoms with Gasteiger partial charge in [-0.1, -0.05) is 6.07 Å². The summed E-state index contributed by atoms with van der Waals surface area (Å²) in [5.74, 6) is 1.16. The number of carbonyl (C=O) groups is 3. The molecule has 2 aliphatic heterocycles. The highest BCUT2D eigenvalue weighted by Crippen LogP contribution is 2.48. The number of anilines is 4. The summed E-state index contributed by atoms with van der Waals surface area (Å²) in [5, 5.41) is 23.3. The van der Waals surface area contributed by atoms with Gasteiger partial charge in [-0.05, 0) is 57.4 Å². The van der Waals surface area contributed by atoms with Crippen LogP contribution >= 0.6 is 0 Å². The first-order valence-corrected chi connectivity index (χ1v) is 16.7. The Kier molecular flexibility index (Phi) is 11.5. The molecule has 4 N–H and O–H groups in total. The summed E-state index contributed by atoms with van der Waals surface area (Å²) in [7, 11) is 22.0. The Labute approximate surface area is 300 Å². The van der Waals surface area contributed by atoms with E-state index in [0.717, 1.165) is 41.6 Å². The van der Waals surface area contributed by atoms with E-state index in [0.29, 0.717) is 48.3 Å². The summed E-state index contributed by atoms with van der Waals surface area (Å²) >= 11 is 0. The van der Waals surface area contributed by atoms with Gasteiger partial charge >= 0.3 is 0 Å². The number of aromatic nitrogens is 6. The van der Waals surface area contributed by atoms with Crippen molar-refractivity contribution in [2.24, 2.45) is 5.92 Å². The molecule has 0 spiro atoms. The second-order valence-electron chi connectivity index (χ2n) is 12.6. The molecular weight excluding hydrogens is 646 g/mol. The molecule has 4 aromatic rings. The Morgan fingerprint density at radius 3 is 2.37 bits per heavy atom. The van der Waals surface area contributed by atoms with Crippen molar-refractivity contribution >= 4 is 57.2 Å². The third-order valence-corrected chi connectivity index (χ3v) is 8.97. The molecule has 1 saturated carbocycles. The highest BCUT2D eigenvalue weighted by Gasteiger charge is 2.42. The highest BCUT2D eigenvalue weighted by molar-refractivity contribution is 6.39. The molecule has 4 aromatic heterocycles. The van der Waals surface area contributed by atoms with E-state index < -0.39 is 5.34 Å². The number of nitrogens with one attached hydrogen (secondary N) is 4. The van der Waals surface area contributed by atoms with Gasteiger partial charge in [-0.2, -0.15) is 5.10 Å². The van der Waals surface area contributed by atoms with Crippen LogP contribution in [0, 0.1) is 5.92 Å². The van der Waals surface area contributed by atoms with Gasteiger partial charge in [0.15, 0.2) is 23.6 Å². The maximum Gasteiger partial charge on any atom is 0.273 e. The molecule has 0 aromatic carbocycles. The third kappa shape index (κ3) is 7.64. The molecule has 1 unspecified atom stereocenters. The average Bonchev–Trinajstić information content (AvgIpc) is 3.87. The average molecular weight is 688 g/mol. The number of hydrogen-bond acceptors (Lipinski definition) is 13. The number of rotatable bonds is 9. The Morgan fingerprint density at radius 1 is 1.04 bits per heavy atom. The van der Waals surface area contributed by atoms with Crippen molar-refractivity contribution in [3.63, 3.8) is 0 Å².